The van der Waals surface area contributed by atoms with Gasteiger partial charge in [-0.2, -0.15) is 0 Å². The summed E-state index contributed by atoms with van der Waals surface area (Å²) in [5.74, 6) is -0.964. The second kappa shape index (κ2) is 12.4. The van der Waals surface area contributed by atoms with Crippen LogP contribution in [-0.4, -0.2) is 68.1 Å². The second-order valence-electron chi connectivity index (χ2n) is 4.77. The van der Waals surface area contributed by atoms with Gasteiger partial charge in [0.05, 0.1) is 13.2 Å². The fourth-order valence-electron chi connectivity index (χ4n) is 1.70. The summed E-state index contributed by atoms with van der Waals surface area (Å²) in [5.41, 5.74) is 0. The van der Waals surface area contributed by atoms with Crippen molar-refractivity contribution >= 4 is 12.0 Å². The highest BCUT2D eigenvalue weighted by Gasteiger charge is 2.15. The van der Waals surface area contributed by atoms with Crippen molar-refractivity contribution in [2.45, 2.75) is 27.2 Å². The van der Waals surface area contributed by atoms with E-state index in [9.17, 15) is 9.59 Å². The van der Waals surface area contributed by atoms with Crippen molar-refractivity contribution in [2.75, 3.05) is 46.1 Å². The van der Waals surface area contributed by atoms with Crippen LogP contribution in [0.25, 0.3) is 0 Å². The Hall–Kier alpha value is -1.34. The van der Waals surface area contributed by atoms with E-state index in [1.165, 1.54) is 0 Å². The SMILES string of the molecule is CCOCCN(CCOCC)C(=O)NCC(C)CC(=O)O. The van der Waals surface area contributed by atoms with Crippen LogP contribution in [0, 0.1) is 5.92 Å². The first-order chi connectivity index (χ1) is 10.0. The molecule has 0 fully saturated rings. The molecule has 0 aliphatic rings. The predicted molar refractivity (Wildman–Crippen MR) is 79.4 cm³/mol. The lowest BCUT2D eigenvalue weighted by atomic mass is 10.1. The fraction of sp³-hybridized carbons (Fsp3) is 0.857. The summed E-state index contributed by atoms with van der Waals surface area (Å²) < 4.78 is 10.5. The second-order valence-corrected chi connectivity index (χ2v) is 4.77. The lowest BCUT2D eigenvalue weighted by Crippen LogP contribution is -2.44. The van der Waals surface area contributed by atoms with Gasteiger partial charge in [-0.3, -0.25) is 4.79 Å². The Morgan fingerprint density at radius 3 is 2.10 bits per heavy atom. The number of amides is 2. The van der Waals surface area contributed by atoms with Gasteiger partial charge in [0, 0.05) is 39.3 Å². The van der Waals surface area contributed by atoms with Crippen molar-refractivity contribution < 1.29 is 24.2 Å². The van der Waals surface area contributed by atoms with E-state index in [4.69, 9.17) is 14.6 Å². The molecule has 7 heteroatoms. The van der Waals surface area contributed by atoms with E-state index < -0.39 is 5.97 Å². The number of carboxylic acids is 1. The fourth-order valence-corrected chi connectivity index (χ4v) is 1.70. The van der Waals surface area contributed by atoms with Gasteiger partial charge in [-0.15, -0.1) is 0 Å². The molecular formula is C14H28N2O5. The molecule has 0 bridgehead atoms. The molecule has 0 spiro atoms. The van der Waals surface area contributed by atoms with Gasteiger partial charge in [0.15, 0.2) is 0 Å². The molecule has 0 rings (SSSR count). The quantitative estimate of drug-likeness (QED) is 0.529. The molecule has 2 amide bonds. The van der Waals surface area contributed by atoms with Crippen LogP contribution in [0.15, 0.2) is 0 Å². The van der Waals surface area contributed by atoms with Crippen LogP contribution >= 0.6 is 0 Å². The number of urea groups is 1. The third kappa shape index (κ3) is 11.0. The van der Waals surface area contributed by atoms with Crippen LogP contribution in [-0.2, 0) is 14.3 Å². The van der Waals surface area contributed by atoms with Crippen LogP contribution in [0.5, 0.6) is 0 Å². The molecule has 1 unspecified atom stereocenters. The van der Waals surface area contributed by atoms with Crippen LogP contribution in [0.4, 0.5) is 4.79 Å². The minimum absolute atomic E-state index is 0.0399. The van der Waals surface area contributed by atoms with Crippen molar-refractivity contribution in [2.24, 2.45) is 5.92 Å². The first kappa shape index (κ1) is 19.7. The first-order valence-corrected chi connectivity index (χ1v) is 7.41. The Morgan fingerprint density at radius 2 is 1.67 bits per heavy atom. The normalized spacial score (nSPS) is 12.0. The molecule has 7 nitrogen and oxygen atoms in total. The van der Waals surface area contributed by atoms with E-state index in [1.807, 2.05) is 13.8 Å². The monoisotopic (exact) mass is 304 g/mol. The largest absolute Gasteiger partial charge is 0.481 e. The van der Waals surface area contributed by atoms with Gasteiger partial charge in [0.25, 0.3) is 0 Å². The summed E-state index contributed by atoms with van der Waals surface area (Å²) in [7, 11) is 0. The third-order valence-electron chi connectivity index (χ3n) is 2.83. The highest BCUT2D eigenvalue weighted by molar-refractivity contribution is 5.74. The minimum atomic E-state index is -0.860. The standard InChI is InChI=1S/C14H28N2O5/c1-4-20-8-6-16(7-9-21-5-2)14(19)15-11-12(3)10-13(17)18/h12H,4-11H2,1-3H3,(H,15,19)(H,17,18). The average Bonchev–Trinajstić information content (AvgIpc) is 2.42. The Kier molecular flexibility index (Phi) is 11.6. The summed E-state index contributed by atoms with van der Waals surface area (Å²) in [5, 5.41) is 11.4. The molecule has 2 N–H and O–H groups in total. The molecule has 124 valence electrons. The lowest BCUT2D eigenvalue weighted by molar-refractivity contribution is -0.137. The number of carbonyl (C=O) groups excluding carboxylic acids is 1. The Balaban J connectivity index is 4.17. The van der Waals surface area contributed by atoms with Crippen molar-refractivity contribution in [3.63, 3.8) is 0 Å². The number of rotatable bonds is 12. The number of nitrogens with one attached hydrogen (secondary N) is 1. The van der Waals surface area contributed by atoms with Crippen LogP contribution < -0.4 is 5.32 Å². The summed E-state index contributed by atoms with van der Waals surface area (Å²) in [6.07, 6.45) is 0.0399. The van der Waals surface area contributed by atoms with E-state index in [-0.39, 0.29) is 18.4 Å². The molecule has 0 radical (unpaired) electrons. The summed E-state index contributed by atoms with van der Waals surface area (Å²) in [4.78, 5) is 24.3. The van der Waals surface area contributed by atoms with Gasteiger partial charge in [-0.05, 0) is 19.8 Å². The number of hydrogen-bond acceptors (Lipinski definition) is 4. The summed E-state index contributed by atoms with van der Waals surface area (Å²) in [6, 6.07) is -0.216. The number of nitrogens with zero attached hydrogens (tertiary/aromatic N) is 1. The van der Waals surface area contributed by atoms with Gasteiger partial charge in [0.2, 0.25) is 0 Å². The van der Waals surface area contributed by atoms with Crippen molar-refractivity contribution in [3.05, 3.63) is 0 Å². The molecule has 0 saturated heterocycles. The van der Waals surface area contributed by atoms with E-state index in [2.05, 4.69) is 5.32 Å². The van der Waals surface area contributed by atoms with Gasteiger partial charge in [-0.25, -0.2) is 4.79 Å². The van der Waals surface area contributed by atoms with E-state index in [0.717, 1.165) is 0 Å². The number of hydrogen-bond donors (Lipinski definition) is 2. The maximum atomic E-state index is 12.1. The molecule has 21 heavy (non-hydrogen) atoms. The molecule has 0 saturated carbocycles. The average molecular weight is 304 g/mol. The highest BCUT2D eigenvalue weighted by Crippen LogP contribution is 2.00. The zero-order valence-corrected chi connectivity index (χ0v) is 13.3. The lowest BCUT2D eigenvalue weighted by Gasteiger charge is -2.23. The molecule has 0 heterocycles. The number of aliphatic carboxylic acids is 1. The molecule has 0 aromatic carbocycles. The Morgan fingerprint density at radius 1 is 1.14 bits per heavy atom. The zero-order valence-electron chi connectivity index (χ0n) is 13.3. The van der Waals surface area contributed by atoms with Gasteiger partial charge >= 0.3 is 12.0 Å². The Labute approximate surface area is 126 Å². The molecule has 0 aliphatic carbocycles. The number of ether oxygens (including phenoxy) is 2. The van der Waals surface area contributed by atoms with E-state index in [0.29, 0.717) is 46.1 Å². The smallest absolute Gasteiger partial charge is 0.317 e. The van der Waals surface area contributed by atoms with Crippen molar-refractivity contribution in [3.8, 4) is 0 Å². The van der Waals surface area contributed by atoms with Gasteiger partial charge < -0.3 is 24.8 Å². The van der Waals surface area contributed by atoms with Crippen molar-refractivity contribution in [1.29, 1.82) is 0 Å². The number of carboxylic acid groups (broad SMARTS) is 1. The molecule has 1 atom stereocenters. The predicted octanol–water partition coefficient (Wildman–Crippen LogP) is 1.18. The molecular weight excluding hydrogens is 276 g/mol. The Bertz CT molecular complexity index is 289. The van der Waals surface area contributed by atoms with Gasteiger partial charge in [0.1, 0.15) is 0 Å². The van der Waals surface area contributed by atoms with E-state index in [1.54, 1.807) is 11.8 Å². The van der Waals surface area contributed by atoms with Gasteiger partial charge in [-0.1, -0.05) is 6.92 Å². The molecule has 0 aliphatic heterocycles. The van der Waals surface area contributed by atoms with Crippen LogP contribution in [0.3, 0.4) is 0 Å². The van der Waals surface area contributed by atoms with Crippen molar-refractivity contribution in [1.82, 2.24) is 10.2 Å². The maximum Gasteiger partial charge on any atom is 0.317 e. The molecule has 0 aromatic heterocycles. The van der Waals surface area contributed by atoms with E-state index >= 15 is 0 Å². The van der Waals surface area contributed by atoms with Crippen LogP contribution in [0.2, 0.25) is 0 Å². The highest BCUT2D eigenvalue weighted by atomic mass is 16.5. The minimum Gasteiger partial charge on any atom is -0.481 e. The first-order valence-electron chi connectivity index (χ1n) is 7.41. The summed E-state index contributed by atoms with van der Waals surface area (Å²) >= 11 is 0. The topological polar surface area (TPSA) is 88.1 Å². The third-order valence-corrected chi connectivity index (χ3v) is 2.83. The summed E-state index contributed by atoms with van der Waals surface area (Å²) in [6.45, 7) is 9.06. The number of carbonyl (C=O) groups is 2. The maximum absolute atomic E-state index is 12.1. The van der Waals surface area contributed by atoms with Crippen LogP contribution in [0.1, 0.15) is 27.2 Å². The molecule has 0 aromatic rings. The zero-order chi connectivity index (χ0) is 16.1.